The minimum atomic E-state index is 0.298. The molecule has 0 aromatic carbocycles. The number of rotatable bonds is 4. The lowest BCUT2D eigenvalue weighted by atomic mass is 10.1. The fourth-order valence-corrected chi connectivity index (χ4v) is 2.86. The van der Waals surface area contributed by atoms with E-state index in [1.54, 1.807) is 6.92 Å². The van der Waals surface area contributed by atoms with Gasteiger partial charge < -0.3 is 9.73 Å². The average Bonchev–Trinajstić information content (AvgIpc) is 2.81. The highest BCUT2D eigenvalue weighted by Crippen LogP contribution is 2.26. The van der Waals surface area contributed by atoms with Crippen LogP contribution in [0.3, 0.4) is 0 Å². The lowest BCUT2D eigenvalue weighted by molar-refractivity contribution is 0.430. The summed E-state index contributed by atoms with van der Waals surface area (Å²) in [4.78, 5) is 2.71. The van der Waals surface area contributed by atoms with Crippen molar-refractivity contribution in [2.24, 2.45) is 0 Å². The van der Waals surface area contributed by atoms with E-state index in [4.69, 9.17) is 4.42 Å². The van der Waals surface area contributed by atoms with Crippen LogP contribution in [0.2, 0.25) is 0 Å². The maximum absolute atomic E-state index is 5.32. The minimum Gasteiger partial charge on any atom is -0.424 e. The van der Waals surface area contributed by atoms with E-state index in [9.17, 15) is 0 Å². The van der Waals surface area contributed by atoms with E-state index in [-0.39, 0.29) is 0 Å². The molecular formula is C12H17N3OS. The van der Waals surface area contributed by atoms with Crippen molar-refractivity contribution in [2.45, 2.75) is 40.3 Å². The molecule has 0 amide bonds. The zero-order valence-corrected chi connectivity index (χ0v) is 11.4. The first-order chi connectivity index (χ1) is 8.06. The zero-order valence-electron chi connectivity index (χ0n) is 10.6. The molecule has 0 radical (unpaired) electrons. The molecule has 17 heavy (non-hydrogen) atoms. The molecule has 2 aromatic rings. The molecule has 1 atom stereocenters. The highest BCUT2D eigenvalue weighted by atomic mass is 32.1. The van der Waals surface area contributed by atoms with Gasteiger partial charge in [-0.3, -0.25) is 0 Å². The molecule has 0 saturated carbocycles. The molecule has 0 aliphatic heterocycles. The van der Waals surface area contributed by atoms with Gasteiger partial charge in [0.2, 0.25) is 11.8 Å². The second-order valence-corrected chi connectivity index (χ2v) is 5.65. The highest BCUT2D eigenvalue weighted by molar-refractivity contribution is 7.12. The molecule has 5 heteroatoms. The first kappa shape index (κ1) is 12.3. The Bertz CT molecular complexity index is 504. The Balaban J connectivity index is 1.97. The molecule has 0 aliphatic carbocycles. The Kier molecular flexibility index (Phi) is 3.59. The average molecular weight is 251 g/mol. The van der Waals surface area contributed by atoms with Gasteiger partial charge in [-0.05, 0) is 32.4 Å². The first-order valence-corrected chi connectivity index (χ1v) is 6.47. The monoisotopic (exact) mass is 251 g/mol. The van der Waals surface area contributed by atoms with Crippen LogP contribution in [-0.2, 0) is 6.54 Å². The third-order valence-corrected chi connectivity index (χ3v) is 3.65. The topological polar surface area (TPSA) is 51.0 Å². The van der Waals surface area contributed by atoms with Gasteiger partial charge in [-0.25, -0.2) is 0 Å². The van der Waals surface area contributed by atoms with Gasteiger partial charge in [0.1, 0.15) is 0 Å². The molecule has 0 fully saturated rings. The minimum absolute atomic E-state index is 0.298. The third-order valence-electron chi connectivity index (χ3n) is 2.67. The summed E-state index contributed by atoms with van der Waals surface area (Å²) >= 11 is 1.83. The summed E-state index contributed by atoms with van der Waals surface area (Å²) in [5.41, 5.74) is 1.35. The van der Waals surface area contributed by atoms with Crippen molar-refractivity contribution in [1.29, 1.82) is 0 Å². The van der Waals surface area contributed by atoms with Crippen LogP contribution in [0.4, 0.5) is 0 Å². The Morgan fingerprint density at radius 2 is 2.12 bits per heavy atom. The molecule has 92 valence electrons. The summed E-state index contributed by atoms with van der Waals surface area (Å²) in [5.74, 6) is 1.25. The fraction of sp³-hybridized carbons (Fsp3) is 0.500. The van der Waals surface area contributed by atoms with Crippen molar-refractivity contribution in [2.75, 3.05) is 0 Å². The Labute approximate surface area is 105 Å². The maximum atomic E-state index is 5.32. The van der Waals surface area contributed by atoms with Gasteiger partial charge >= 0.3 is 0 Å². The molecule has 0 spiro atoms. The van der Waals surface area contributed by atoms with E-state index in [2.05, 4.69) is 42.4 Å². The Hall–Kier alpha value is -1.20. The summed E-state index contributed by atoms with van der Waals surface area (Å²) in [6, 6.07) is 2.53. The van der Waals surface area contributed by atoms with E-state index < -0.39 is 0 Å². The number of nitrogens with zero attached hydrogens (tertiary/aromatic N) is 2. The number of hydrogen-bond donors (Lipinski definition) is 1. The van der Waals surface area contributed by atoms with Crippen LogP contribution >= 0.6 is 11.3 Å². The summed E-state index contributed by atoms with van der Waals surface area (Å²) in [6.07, 6.45) is 0. The van der Waals surface area contributed by atoms with Gasteiger partial charge in [0, 0.05) is 22.7 Å². The summed E-state index contributed by atoms with van der Waals surface area (Å²) in [6.45, 7) is 8.84. The first-order valence-electron chi connectivity index (χ1n) is 5.65. The summed E-state index contributed by atoms with van der Waals surface area (Å²) < 4.78 is 5.32. The van der Waals surface area contributed by atoms with Gasteiger partial charge in [-0.15, -0.1) is 21.5 Å². The lowest BCUT2D eigenvalue weighted by Gasteiger charge is -2.11. The molecule has 0 aliphatic rings. The van der Waals surface area contributed by atoms with Crippen molar-refractivity contribution < 1.29 is 4.42 Å². The van der Waals surface area contributed by atoms with Crippen LogP contribution in [0.15, 0.2) is 10.5 Å². The second kappa shape index (κ2) is 4.98. The number of aromatic nitrogens is 2. The van der Waals surface area contributed by atoms with Crippen molar-refractivity contribution in [3.63, 3.8) is 0 Å². The van der Waals surface area contributed by atoms with E-state index >= 15 is 0 Å². The predicted octanol–water partition coefficient (Wildman–Crippen LogP) is 2.91. The van der Waals surface area contributed by atoms with E-state index in [1.165, 1.54) is 15.3 Å². The summed E-state index contributed by atoms with van der Waals surface area (Å²) in [7, 11) is 0. The maximum Gasteiger partial charge on any atom is 0.230 e. The number of nitrogens with one attached hydrogen (secondary N) is 1. The quantitative estimate of drug-likeness (QED) is 0.907. The molecule has 4 nitrogen and oxygen atoms in total. The zero-order chi connectivity index (χ0) is 12.4. The van der Waals surface area contributed by atoms with Crippen LogP contribution in [0.25, 0.3) is 0 Å². The number of thiophene rings is 1. The predicted molar refractivity (Wildman–Crippen MR) is 68.1 cm³/mol. The molecule has 2 rings (SSSR count). The highest BCUT2D eigenvalue weighted by Gasteiger charge is 2.12. The second-order valence-electron chi connectivity index (χ2n) is 4.19. The Morgan fingerprint density at radius 3 is 2.65 bits per heavy atom. The lowest BCUT2D eigenvalue weighted by Crippen LogP contribution is -2.18. The molecule has 0 saturated heterocycles. The molecule has 2 heterocycles. The van der Waals surface area contributed by atoms with Crippen LogP contribution < -0.4 is 5.32 Å². The van der Waals surface area contributed by atoms with Crippen LogP contribution in [0.5, 0.6) is 0 Å². The Morgan fingerprint density at radius 1 is 1.35 bits per heavy atom. The van der Waals surface area contributed by atoms with Gasteiger partial charge in [0.05, 0.1) is 6.54 Å². The standard InChI is InChI=1S/C12H17N3OS/c1-7-5-11(9(3)17-7)8(2)13-6-12-15-14-10(4)16-12/h5,8,13H,6H2,1-4H3/t8-/m0/s1. The summed E-state index contributed by atoms with van der Waals surface area (Å²) in [5, 5.41) is 11.2. The van der Waals surface area contributed by atoms with Crippen LogP contribution in [-0.4, -0.2) is 10.2 Å². The van der Waals surface area contributed by atoms with Crippen molar-refractivity contribution in [1.82, 2.24) is 15.5 Å². The third kappa shape index (κ3) is 2.92. The van der Waals surface area contributed by atoms with Crippen LogP contribution in [0.1, 0.15) is 40.1 Å². The van der Waals surface area contributed by atoms with E-state index in [0.29, 0.717) is 24.4 Å². The normalized spacial score (nSPS) is 12.9. The van der Waals surface area contributed by atoms with E-state index in [0.717, 1.165) is 0 Å². The van der Waals surface area contributed by atoms with Gasteiger partial charge in [-0.1, -0.05) is 0 Å². The van der Waals surface area contributed by atoms with Crippen molar-refractivity contribution in [3.8, 4) is 0 Å². The van der Waals surface area contributed by atoms with Crippen molar-refractivity contribution in [3.05, 3.63) is 33.2 Å². The van der Waals surface area contributed by atoms with Crippen molar-refractivity contribution >= 4 is 11.3 Å². The van der Waals surface area contributed by atoms with Gasteiger partial charge in [0.25, 0.3) is 0 Å². The van der Waals surface area contributed by atoms with E-state index in [1.807, 2.05) is 11.3 Å². The molecule has 1 N–H and O–H groups in total. The smallest absolute Gasteiger partial charge is 0.230 e. The van der Waals surface area contributed by atoms with Crippen LogP contribution in [0, 0.1) is 20.8 Å². The largest absolute Gasteiger partial charge is 0.424 e. The molecule has 0 unspecified atom stereocenters. The van der Waals surface area contributed by atoms with Gasteiger partial charge in [-0.2, -0.15) is 0 Å². The van der Waals surface area contributed by atoms with Gasteiger partial charge in [0.15, 0.2) is 0 Å². The number of hydrogen-bond acceptors (Lipinski definition) is 5. The fourth-order valence-electron chi connectivity index (χ4n) is 1.84. The number of aryl methyl sites for hydroxylation is 3. The molecular weight excluding hydrogens is 234 g/mol. The SMILES string of the molecule is Cc1nnc(CN[C@@H](C)c2cc(C)sc2C)o1. The molecule has 0 bridgehead atoms. The molecule has 2 aromatic heterocycles.